The highest BCUT2D eigenvalue weighted by atomic mass is 16.5. The number of carboxylic acids is 2. The van der Waals surface area contributed by atoms with E-state index in [2.05, 4.69) is 15.3 Å². The standard InChI is InChI=1S/C31H28N4O8/c1-41-23-17-24(42-2)34-30(33-23)43-27(29(39)40)31(20-13-7-4-8-14-20)21-15-9-10-16-22(21)35(25(36)18-32-31)26(28(37)38)19-11-5-3-6-12-19/h3-17,26-27,32H,18H2,1-2H3,(H,37,38)(H,39,40). The van der Waals surface area contributed by atoms with Crippen LogP contribution in [0.3, 0.4) is 0 Å². The van der Waals surface area contributed by atoms with Crippen molar-refractivity contribution in [2.75, 3.05) is 25.7 Å². The lowest BCUT2D eigenvalue weighted by atomic mass is 9.77. The van der Waals surface area contributed by atoms with Crippen molar-refractivity contribution in [3.63, 3.8) is 0 Å². The van der Waals surface area contributed by atoms with Gasteiger partial charge >= 0.3 is 17.9 Å². The van der Waals surface area contributed by atoms with Gasteiger partial charge in [0.2, 0.25) is 23.8 Å². The zero-order chi connectivity index (χ0) is 30.6. The lowest BCUT2D eigenvalue weighted by Gasteiger charge is -2.39. The number of benzene rings is 3. The highest BCUT2D eigenvalue weighted by Gasteiger charge is 2.53. The van der Waals surface area contributed by atoms with Crippen molar-refractivity contribution in [2.45, 2.75) is 17.7 Å². The molecule has 5 rings (SSSR count). The van der Waals surface area contributed by atoms with Crippen molar-refractivity contribution in [2.24, 2.45) is 0 Å². The molecule has 12 nitrogen and oxygen atoms in total. The number of para-hydroxylation sites is 1. The van der Waals surface area contributed by atoms with E-state index in [9.17, 15) is 24.6 Å². The molecule has 1 aliphatic heterocycles. The molecule has 3 N–H and O–H groups in total. The Labute approximate surface area is 246 Å². The first-order valence-electron chi connectivity index (χ1n) is 13.2. The van der Waals surface area contributed by atoms with E-state index in [1.54, 1.807) is 84.9 Å². The minimum atomic E-state index is -1.78. The summed E-state index contributed by atoms with van der Waals surface area (Å²) >= 11 is 0. The zero-order valence-corrected chi connectivity index (χ0v) is 23.2. The highest BCUT2D eigenvalue weighted by molar-refractivity contribution is 6.02. The molecule has 1 aliphatic rings. The lowest BCUT2D eigenvalue weighted by molar-refractivity contribution is -0.149. The third-order valence-electron chi connectivity index (χ3n) is 7.13. The number of fused-ring (bicyclic) bond motifs is 1. The number of rotatable bonds is 10. The van der Waals surface area contributed by atoms with Crippen LogP contribution in [0.25, 0.3) is 0 Å². The molecule has 12 heteroatoms. The molecule has 0 bridgehead atoms. The number of hydrogen-bond acceptors (Lipinski definition) is 9. The maximum atomic E-state index is 13.9. The molecule has 0 aliphatic carbocycles. The van der Waals surface area contributed by atoms with E-state index < -0.39 is 42.1 Å². The summed E-state index contributed by atoms with van der Waals surface area (Å²) in [6, 6.07) is 23.1. The number of carbonyl (C=O) groups excluding carboxylic acids is 1. The van der Waals surface area contributed by atoms with Crippen LogP contribution in [0.15, 0.2) is 91.0 Å². The summed E-state index contributed by atoms with van der Waals surface area (Å²) in [5, 5.41) is 24.2. The number of aliphatic carboxylic acids is 2. The number of anilines is 1. The molecule has 0 saturated carbocycles. The van der Waals surface area contributed by atoms with Crippen LogP contribution >= 0.6 is 0 Å². The molecule has 220 valence electrons. The van der Waals surface area contributed by atoms with Crippen molar-refractivity contribution in [3.05, 3.63) is 108 Å². The minimum absolute atomic E-state index is 0.0717. The van der Waals surface area contributed by atoms with Crippen LogP contribution in [0.5, 0.6) is 17.8 Å². The number of nitrogens with one attached hydrogen (secondary N) is 1. The summed E-state index contributed by atoms with van der Waals surface area (Å²) in [4.78, 5) is 49.3. The molecule has 3 atom stereocenters. The first kappa shape index (κ1) is 29.0. The van der Waals surface area contributed by atoms with Crippen LogP contribution in [-0.4, -0.2) is 64.9 Å². The van der Waals surface area contributed by atoms with E-state index >= 15 is 0 Å². The molecule has 2 heterocycles. The summed E-state index contributed by atoms with van der Waals surface area (Å²) in [6.07, 6.45) is -1.78. The van der Waals surface area contributed by atoms with Gasteiger partial charge < -0.3 is 24.4 Å². The molecule has 1 amide bonds. The highest BCUT2D eigenvalue weighted by Crippen LogP contribution is 2.44. The van der Waals surface area contributed by atoms with Crippen LogP contribution < -0.4 is 24.4 Å². The smallest absolute Gasteiger partial charge is 0.347 e. The predicted molar refractivity (Wildman–Crippen MR) is 153 cm³/mol. The van der Waals surface area contributed by atoms with E-state index in [-0.39, 0.29) is 29.0 Å². The molecule has 3 aromatic carbocycles. The first-order valence-corrected chi connectivity index (χ1v) is 13.2. The fourth-order valence-corrected chi connectivity index (χ4v) is 5.29. The summed E-state index contributed by atoms with van der Waals surface area (Å²) in [7, 11) is 2.75. The van der Waals surface area contributed by atoms with Crippen LogP contribution in [0, 0.1) is 0 Å². The van der Waals surface area contributed by atoms with E-state index in [4.69, 9.17) is 14.2 Å². The number of aromatic nitrogens is 2. The van der Waals surface area contributed by atoms with Crippen molar-refractivity contribution in [1.82, 2.24) is 15.3 Å². The second-order valence-corrected chi connectivity index (χ2v) is 9.53. The number of carboxylic acid groups (broad SMARTS) is 2. The molecule has 0 fully saturated rings. The molecule has 1 aromatic heterocycles. The van der Waals surface area contributed by atoms with Gasteiger partial charge in [0, 0.05) is 5.56 Å². The van der Waals surface area contributed by atoms with Gasteiger partial charge in [0.05, 0.1) is 32.5 Å². The Morgan fingerprint density at radius 3 is 2.02 bits per heavy atom. The third-order valence-corrected chi connectivity index (χ3v) is 7.13. The second-order valence-electron chi connectivity index (χ2n) is 9.53. The molecular formula is C31H28N4O8. The number of ether oxygens (including phenoxy) is 3. The Balaban J connectivity index is 1.77. The topological polar surface area (TPSA) is 160 Å². The quantitative estimate of drug-likeness (QED) is 0.251. The fourth-order valence-electron chi connectivity index (χ4n) is 5.29. The van der Waals surface area contributed by atoms with Gasteiger partial charge in [-0.25, -0.2) is 9.59 Å². The number of carbonyl (C=O) groups is 3. The van der Waals surface area contributed by atoms with Gasteiger partial charge in [-0.3, -0.25) is 15.0 Å². The lowest BCUT2D eigenvalue weighted by Crippen LogP contribution is -2.58. The van der Waals surface area contributed by atoms with Gasteiger partial charge in [0.15, 0.2) is 6.04 Å². The Kier molecular flexibility index (Phi) is 8.21. The number of nitrogens with zero attached hydrogens (tertiary/aromatic N) is 3. The molecule has 4 aromatic rings. The summed E-state index contributed by atoms with van der Waals surface area (Å²) in [5.74, 6) is -3.12. The minimum Gasteiger partial charge on any atom is -0.481 e. The van der Waals surface area contributed by atoms with Crippen LogP contribution in [-0.2, 0) is 19.9 Å². The zero-order valence-electron chi connectivity index (χ0n) is 23.2. The Bertz CT molecular complexity index is 1610. The molecule has 0 radical (unpaired) electrons. The maximum Gasteiger partial charge on any atom is 0.347 e. The van der Waals surface area contributed by atoms with E-state index in [0.29, 0.717) is 11.1 Å². The fraction of sp³-hybridized carbons (Fsp3) is 0.194. The summed E-state index contributed by atoms with van der Waals surface area (Å²) < 4.78 is 16.5. The van der Waals surface area contributed by atoms with Gasteiger partial charge in [0.1, 0.15) is 5.54 Å². The van der Waals surface area contributed by atoms with Crippen molar-refractivity contribution in [1.29, 1.82) is 0 Å². The molecular weight excluding hydrogens is 556 g/mol. The second kappa shape index (κ2) is 12.2. The van der Waals surface area contributed by atoms with E-state index in [1.165, 1.54) is 25.2 Å². The van der Waals surface area contributed by atoms with Gasteiger partial charge in [-0.15, -0.1) is 0 Å². The van der Waals surface area contributed by atoms with Crippen molar-refractivity contribution < 1.29 is 38.8 Å². The Hall–Kier alpha value is -5.49. The SMILES string of the molecule is COc1cc(OC)nc(OC(C(=O)O)C2(c3ccccc3)NCC(=O)N(C(C(=O)O)c3ccccc3)c3ccccc32)n1. The third kappa shape index (κ3) is 5.43. The van der Waals surface area contributed by atoms with Gasteiger partial charge in [-0.2, -0.15) is 9.97 Å². The van der Waals surface area contributed by atoms with Crippen molar-refractivity contribution >= 4 is 23.5 Å². The Morgan fingerprint density at radius 1 is 0.860 bits per heavy atom. The molecule has 0 saturated heterocycles. The van der Waals surface area contributed by atoms with E-state index in [0.717, 1.165) is 0 Å². The normalized spacial score (nSPS) is 17.6. The van der Waals surface area contributed by atoms with Crippen LogP contribution in [0.2, 0.25) is 0 Å². The van der Waals surface area contributed by atoms with Crippen LogP contribution in [0.1, 0.15) is 22.7 Å². The molecule has 43 heavy (non-hydrogen) atoms. The summed E-state index contributed by atoms with van der Waals surface area (Å²) in [5.41, 5.74) is -0.458. The molecule has 3 unspecified atom stereocenters. The Morgan fingerprint density at radius 2 is 1.44 bits per heavy atom. The maximum absolute atomic E-state index is 13.9. The number of methoxy groups -OCH3 is 2. The van der Waals surface area contributed by atoms with E-state index in [1.807, 2.05) is 0 Å². The number of amides is 1. The predicted octanol–water partition coefficient (Wildman–Crippen LogP) is 3.03. The van der Waals surface area contributed by atoms with Gasteiger partial charge in [-0.1, -0.05) is 78.9 Å². The average molecular weight is 585 g/mol. The first-order chi connectivity index (χ1) is 20.8. The van der Waals surface area contributed by atoms with Gasteiger partial charge in [-0.05, 0) is 17.2 Å². The summed E-state index contributed by atoms with van der Waals surface area (Å²) in [6.45, 7) is -0.435. The van der Waals surface area contributed by atoms with Crippen LogP contribution in [0.4, 0.5) is 5.69 Å². The number of hydrogen-bond donors (Lipinski definition) is 3. The average Bonchev–Trinajstić information content (AvgIpc) is 3.15. The monoisotopic (exact) mass is 584 g/mol. The van der Waals surface area contributed by atoms with Crippen molar-refractivity contribution in [3.8, 4) is 17.8 Å². The molecule has 0 spiro atoms. The largest absolute Gasteiger partial charge is 0.481 e. The van der Waals surface area contributed by atoms with Gasteiger partial charge in [0.25, 0.3) is 0 Å².